The van der Waals surface area contributed by atoms with Gasteiger partial charge in [-0.05, 0) is 36.9 Å². The predicted octanol–water partition coefficient (Wildman–Crippen LogP) is 2.42. The fourth-order valence-electron chi connectivity index (χ4n) is 1.65. The first-order valence-corrected chi connectivity index (χ1v) is 7.15. The summed E-state index contributed by atoms with van der Waals surface area (Å²) in [5, 5.41) is 0.553. The van der Waals surface area contributed by atoms with Gasteiger partial charge in [-0.1, -0.05) is 0 Å². The Hall–Kier alpha value is -1.86. The lowest BCUT2D eigenvalue weighted by atomic mass is 10.3. The number of rotatable bonds is 2. The smallest absolute Gasteiger partial charge is 0.251 e. The average molecular weight is 290 g/mol. The zero-order valence-corrected chi connectivity index (χ0v) is 11.6. The summed E-state index contributed by atoms with van der Waals surface area (Å²) in [4.78, 5) is 22.8. The van der Waals surface area contributed by atoms with Gasteiger partial charge in [-0.25, -0.2) is 9.97 Å². The van der Waals surface area contributed by atoms with Crippen LogP contribution in [0.4, 0.5) is 5.69 Å². The molecule has 3 N–H and O–H groups in total. The topological polar surface area (TPSA) is 84.7 Å². The molecule has 0 radical (unpaired) electrons. The molecule has 0 saturated carbocycles. The molecule has 0 fully saturated rings. The van der Waals surface area contributed by atoms with Crippen LogP contribution >= 0.6 is 23.1 Å². The van der Waals surface area contributed by atoms with Crippen LogP contribution in [-0.4, -0.2) is 15.0 Å². The first-order chi connectivity index (χ1) is 9.10. The number of thiazole rings is 1. The zero-order valence-electron chi connectivity index (χ0n) is 10.0. The normalized spacial score (nSPS) is 11.0. The highest BCUT2D eigenvalue weighted by atomic mass is 32.2. The van der Waals surface area contributed by atoms with Gasteiger partial charge in [0.25, 0.3) is 5.56 Å². The number of nitrogens with two attached hydrogens (primary N) is 1. The Morgan fingerprint density at radius 2 is 2.16 bits per heavy atom. The van der Waals surface area contributed by atoms with E-state index in [0.717, 1.165) is 20.2 Å². The highest BCUT2D eigenvalue weighted by Gasteiger charge is 2.08. The number of hydrogen-bond acceptors (Lipinski definition) is 6. The maximum absolute atomic E-state index is 11.4. The van der Waals surface area contributed by atoms with Gasteiger partial charge in [0.2, 0.25) is 0 Å². The fraction of sp³-hybridized carbons (Fsp3) is 0.0833. The largest absolute Gasteiger partial charge is 0.399 e. The minimum Gasteiger partial charge on any atom is -0.399 e. The van der Waals surface area contributed by atoms with Crippen molar-refractivity contribution in [3.8, 4) is 0 Å². The molecule has 3 aromatic rings. The number of anilines is 1. The molecule has 7 heteroatoms. The van der Waals surface area contributed by atoms with Gasteiger partial charge in [0.15, 0.2) is 9.50 Å². The van der Waals surface area contributed by atoms with Crippen molar-refractivity contribution in [2.75, 3.05) is 5.73 Å². The Balaban J connectivity index is 1.98. The minimum atomic E-state index is -0.152. The molecule has 19 heavy (non-hydrogen) atoms. The van der Waals surface area contributed by atoms with Gasteiger partial charge >= 0.3 is 0 Å². The van der Waals surface area contributed by atoms with E-state index in [2.05, 4.69) is 15.0 Å². The second kappa shape index (κ2) is 4.67. The number of aryl methyl sites for hydroxylation is 1. The number of aromatic nitrogens is 3. The lowest BCUT2D eigenvalue weighted by Gasteiger charge is -1.97. The van der Waals surface area contributed by atoms with Gasteiger partial charge in [0.1, 0.15) is 0 Å². The molecular weight excluding hydrogens is 280 g/mol. The standard InChI is InChI=1S/C12H10N4OS2/c1-6-4-10(17)16-11(14-6)19-12-15-8-3-2-7(13)5-9(8)18-12/h2-5H,13H2,1H3,(H,14,16,17). The summed E-state index contributed by atoms with van der Waals surface area (Å²) in [6.07, 6.45) is 0. The van der Waals surface area contributed by atoms with E-state index in [1.165, 1.54) is 29.2 Å². The molecular formula is C12H10N4OS2. The molecule has 0 aliphatic carbocycles. The molecule has 0 saturated heterocycles. The van der Waals surface area contributed by atoms with E-state index in [4.69, 9.17) is 5.73 Å². The summed E-state index contributed by atoms with van der Waals surface area (Å²) < 4.78 is 1.85. The van der Waals surface area contributed by atoms with Crippen LogP contribution in [0.15, 0.2) is 38.6 Å². The number of nitrogen functional groups attached to an aromatic ring is 1. The second-order valence-corrected chi connectivity index (χ2v) is 6.27. The van der Waals surface area contributed by atoms with Crippen molar-refractivity contribution in [2.45, 2.75) is 16.4 Å². The number of hydrogen-bond donors (Lipinski definition) is 2. The van der Waals surface area contributed by atoms with Crippen molar-refractivity contribution in [2.24, 2.45) is 0 Å². The zero-order chi connectivity index (χ0) is 13.4. The lowest BCUT2D eigenvalue weighted by molar-refractivity contribution is 0.905. The van der Waals surface area contributed by atoms with Gasteiger partial charge in [0.05, 0.1) is 10.2 Å². The quantitative estimate of drug-likeness (QED) is 0.559. The molecule has 3 rings (SSSR count). The van der Waals surface area contributed by atoms with E-state index in [9.17, 15) is 4.79 Å². The van der Waals surface area contributed by atoms with Crippen molar-refractivity contribution in [3.05, 3.63) is 40.3 Å². The van der Waals surface area contributed by atoms with Crippen molar-refractivity contribution in [1.29, 1.82) is 0 Å². The molecule has 2 heterocycles. The molecule has 0 aliphatic heterocycles. The Labute approximate surface area is 116 Å². The van der Waals surface area contributed by atoms with E-state index in [0.29, 0.717) is 10.9 Å². The Bertz CT molecular complexity index is 809. The van der Waals surface area contributed by atoms with Crippen molar-refractivity contribution in [3.63, 3.8) is 0 Å². The number of nitrogens with zero attached hydrogens (tertiary/aromatic N) is 2. The number of benzene rings is 1. The monoisotopic (exact) mass is 290 g/mol. The summed E-state index contributed by atoms with van der Waals surface area (Å²) in [6, 6.07) is 7.06. The summed E-state index contributed by atoms with van der Waals surface area (Å²) in [5.41, 5.74) is 7.89. The van der Waals surface area contributed by atoms with Crippen LogP contribution in [-0.2, 0) is 0 Å². The maximum atomic E-state index is 11.4. The van der Waals surface area contributed by atoms with Crippen LogP contribution in [0, 0.1) is 6.92 Å². The Morgan fingerprint density at radius 1 is 1.32 bits per heavy atom. The number of aromatic amines is 1. The van der Waals surface area contributed by atoms with Gasteiger partial charge in [0, 0.05) is 17.4 Å². The molecule has 0 atom stereocenters. The predicted molar refractivity (Wildman–Crippen MR) is 77.8 cm³/mol. The molecule has 0 amide bonds. The second-order valence-electron chi connectivity index (χ2n) is 4.00. The minimum absolute atomic E-state index is 0.152. The summed E-state index contributed by atoms with van der Waals surface area (Å²) in [7, 11) is 0. The highest BCUT2D eigenvalue weighted by Crippen LogP contribution is 2.33. The Morgan fingerprint density at radius 3 is 2.95 bits per heavy atom. The van der Waals surface area contributed by atoms with Gasteiger partial charge in [-0.2, -0.15) is 0 Å². The summed E-state index contributed by atoms with van der Waals surface area (Å²) in [6.45, 7) is 1.79. The molecule has 0 spiro atoms. The third kappa shape index (κ3) is 2.61. The van der Waals surface area contributed by atoms with E-state index in [1.807, 2.05) is 18.2 Å². The van der Waals surface area contributed by atoms with Crippen molar-refractivity contribution in [1.82, 2.24) is 15.0 Å². The van der Waals surface area contributed by atoms with E-state index >= 15 is 0 Å². The first kappa shape index (κ1) is 12.2. The van der Waals surface area contributed by atoms with Gasteiger partial charge in [-0.15, -0.1) is 11.3 Å². The van der Waals surface area contributed by atoms with Crippen LogP contribution in [0.2, 0.25) is 0 Å². The number of fused-ring (bicyclic) bond motifs is 1. The summed E-state index contributed by atoms with van der Waals surface area (Å²) in [5.74, 6) is 0. The number of nitrogens with one attached hydrogen (secondary N) is 1. The van der Waals surface area contributed by atoms with E-state index < -0.39 is 0 Å². The van der Waals surface area contributed by atoms with Crippen LogP contribution in [0.1, 0.15) is 5.69 Å². The van der Waals surface area contributed by atoms with Crippen molar-refractivity contribution >= 4 is 39.0 Å². The van der Waals surface area contributed by atoms with E-state index in [-0.39, 0.29) is 5.56 Å². The third-order valence-electron chi connectivity index (χ3n) is 2.42. The lowest BCUT2D eigenvalue weighted by Crippen LogP contribution is -2.07. The molecule has 5 nitrogen and oxygen atoms in total. The van der Waals surface area contributed by atoms with Gasteiger partial charge < -0.3 is 10.7 Å². The summed E-state index contributed by atoms with van der Waals surface area (Å²) >= 11 is 2.88. The molecule has 0 unspecified atom stereocenters. The molecule has 1 aromatic carbocycles. The van der Waals surface area contributed by atoms with Crippen LogP contribution in [0.3, 0.4) is 0 Å². The SMILES string of the molecule is Cc1cc(=O)[nH]c(Sc2nc3ccc(N)cc3s2)n1. The third-order valence-corrected chi connectivity index (χ3v) is 4.39. The first-order valence-electron chi connectivity index (χ1n) is 5.52. The highest BCUT2D eigenvalue weighted by molar-refractivity contribution is 8.01. The average Bonchev–Trinajstić information content (AvgIpc) is 2.68. The molecule has 0 bridgehead atoms. The van der Waals surface area contributed by atoms with Crippen LogP contribution in [0.25, 0.3) is 10.2 Å². The van der Waals surface area contributed by atoms with Gasteiger partial charge in [-0.3, -0.25) is 4.79 Å². The van der Waals surface area contributed by atoms with Crippen LogP contribution in [0.5, 0.6) is 0 Å². The number of H-pyrrole nitrogens is 1. The molecule has 96 valence electrons. The molecule has 2 aromatic heterocycles. The maximum Gasteiger partial charge on any atom is 0.251 e. The van der Waals surface area contributed by atoms with Crippen LogP contribution < -0.4 is 11.3 Å². The van der Waals surface area contributed by atoms with E-state index in [1.54, 1.807) is 6.92 Å². The molecule has 0 aliphatic rings. The van der Waals surface area contributed by atoms with Crippen molar-refractivity contribution < 1.29 is 0 Å². The fourth-order valence-corrected chi connectivity index (χ4v) is 3.72. The Kier molecular flexibility index (Phi) is 3.00.